The Morgan fingerprint density at radius 3 is 2.05 bits per heavy atom. The summed E-state index contributed by atoms with van der Waals surface area (Å²) in [5.41, 5.74) is 0. The molecule has 0 spiro atoms. The highest BCUT2D eigenvalue weighted by Gasteiger charge is 2.66. The molecule has 7 heteroatoms. The van der Waals surface area contributed by atoms with Crippen LogP contribution in [0.2, 0.25) is 0 Å². The molecule has 2 saturated carbocycles. The first-order valence-electron chi connectivity index (χ1n) is 6.28. The van der Waals surface area contributed by atoms with E-state index in [-0.39, 0.29) is 58.1 Å². The number of hydrogen-bond acceptors (Lipinski definition) is 3. The molecular weight excluding hydrogens is 382 g/mol. The second-order valence-corrected chi connectivity index (χ2v) is 7.59. The molecule has 19 heavy (non-hydrogen) atoms. The molecule has 3 fully saturated rings. The third kappa shape index (κ3) is 1.81. The van der Waals surface area contributed by atoms with Gasteiger partial charge in [-0.1, -0.05) is 31.9 Å². The fourth-order valence-corrected chi connectivity index (χ4v) is 5.71. The van der Waals surface area contributed by atoms with Crippen LogP contribution in [0.1, 0.15) is 12.8 Å². The molecule has 2 aliphatic carbocycles. The summed E-state index contributed by atoms with van der Waals surface area (Å²) in [6.45, 7) is -0.000650. The number of carbonyl (C=O) groups is 3. The molecular formula is C12H13Br2NO4. The Labute approximate surface area is 127 Å². The number of carboxylic acids is 1. The molecule has 0 aromatic carbocycles. The number of rotatable bonds is 3. The molecule has 104 valence electrons. The van der Waals surface area contributed by atoms with Crippen LogP contribution in [0.4, 0.5) is 0 Å². The average molecular weight is 395 g/mol. The van der Waals surface area contributed by atoms with Crippen LogP contribution >= 0.6 is 31.9 Å². The third-order valence-corrected chi connectivity index (χ3v) is 7.83. The van der Waals surface area contributed by atoms with Crippen molar-refractivity contribution in [3.63, 3.8) is 0 Å². The summed E-state index contributed by atoms with van der Waals surface area (Å²) in [7, 11) is 0. The van der Waals surface area contributed by atoms with Crippen molar-refractivity contribution < 1.29 is 19.5 Å². The number of aliphatic carboxylic acids is 1. The molecule has 1 saturated heterocycles. The lowest BCUT2D eigenvalue weighted by atomic mass is 9.81. The van der Waals surface area contributed by atoms with Crippen molar-refractivity contribution in [2.45, 2.75) is 22.5 Å². The van der Waals surface area contributed by atoms with Gasteiger partial charge in [0.2, 0.25) is 11.8 Å². The number of carbonyl (C=O) groups excluding carboxylic acids is 2. The van der Waals surface area contributed by atoms with Gasteiger partial charge < -0.3 is 5.11 Å². The Morgan fingerprint density at radius 1 is 1.16 bits per heavy atom. The molecule has 1 heterocycles. The van der Waals surface area contributed by atoms with E-state index in [1.807, 2.05) is 0 Å². The van der Waals surface area contributed by atoms with Crippen molar-refractivity contribution in [3.05, 3.63) is 0 Å². The maximum Gasteiger partial charge on any atom is 0.305 e. The molecule has 2 bridgehead atoms. The molecule has 0 aromatic rings. The lowest BCUT2D eigenvalue weighted by molar-refractivity contribution is -0.142. The van der Waals surface area contributed by atoms with Crippen LogP contribution in [0.3, 0.4) is 0 Å². The summed E-state index contributed by atoms with van der Waals surface area (Å²) in [6, 6.07) is 0. The van der Waals surface area contributed by atoms with Gasteiger partial charge in [-0.2, -0.15) is 0 Å². The third-order valence-electron chi connectivity index (χ3n) is 4.63. The van der Waals surface area contributed by atoms with Crippen LogP contribution < -0.4 is 0 Å². The molecule has 3 rings (SSSR count). The second kappa shape index (κ2) is 4.55. The quantitative estimate of drug-likeness (QED) is 0.577. The van der Waals surface area contributed by atoms with Gasteiger partial charge in [-0.3, -0.25) is 19.3 Å². The fourth-order valence-electron chi connectivity index (χ4n) is 3.84. The summed E-state index contributed by atoms with van der Waals surface area (Å²) in [5.74, 6) is -1.46. The van der Waals surface area contributed by atoms with E-state index in [0.29, 0.717) is 0 Å². The molecule has 5 nitrogen and oxygen atoms in total. The van der Waals surface area contributed by atoms with Gasteiger partial charge in [0.25, 0.3) is 0 Å². The van der Waals surface area contributed by atoms with Crippen molar-refractivity contribution in [1.29, 1.82) is 0 Å². The van der Waals surface area contributed by atoms with Crippen molar-refractivity contribution >= 4 is 49.6 Å². The molecule has 1 N–H and O–H groups in total. The first-order valence-corrected chi connectivity index (χ1v) is 8.11. The largest absolute Gasteiger partial charge is 0.481 e. The van der Waals surface area contributed by atoms with E-state index in [4.69, 9.17) is 5.11 Å². The molecule has 3 aliphatic rings. The maximum atomic E-state index is 12.3. The lowest BCUT2D eigenvalue weighted by Gasteiger charge is -2.28. The Balaban J connectivity index is 1.83. The molecule has 2 unspecified atom stereocenters. The Hall–Kier alpha value is -0.430. The smallest absolute Gasteiger partial charge is 0.305 e. The van der Waals surface area contributed by atoms with Gasteiger partial charge in [-0.05, 0) is 18.3 Å². The van der Waals surface area contributed by atoms with Gasteiger partial charge in [0, 0.05) is 16.2 Å². The van der Waals surface area contributed by atoms with Crippen molar-refractivity contribution in [1.82, 2.24) is 4.90 Å². The Kier molecular flexibility index (Phi) is 3.24. The van der Waals surface area contributed by atoms with Gasteiger partial charge in [0.05, 0.1) is 18.3 Å². The van der Waals surface area contributed by atoms with Gasteiger partial charge >= 0.3 is 5.97 Å². The molecule has 0 aromatic heterocycles. The number of carboxylic acid groups (broad SMARTS) is 1. The average Bonchev–Trinajstić information content (AvgIpc) is 2.93. The highest BCUT2D eigenvalue weighted by Crippen LogP contribution is 2.60. The Bertz CT molecular complexity index is 437. The molecule has 2 amide bonds. The van der Waals surface area contributed by atoms with Crippen molar-refractivity contribution in [2.75, 3.05) is 6.54 Å². The monoisotopic (exact) mass is 393 g/mol. The van der Waals surface area contributed by atoms with E-state index in [0.717, 1.165) is 11.3 Å². The SMILES string of the molecule is O=C(O)CCN1C(=O)[C@@H]2[C@H](C1=O)[C@@H]1C[C@H]2C(Br)C1Br. The minimum atomic E-state index is -0.989. The number of halogens is 2. The number of alkyl halides is 2. The van der Waals surface area contributed by atoms with E-state index in [9.17, 15) is 14.4 Å². The number of hydrogen-bond donors (Lipinski definition) is 1. The highest BCUT2D eigenvalue weighted by molar-refractivity contribution is 9.12. The van der Waals surface area contributed by atoms with E-state index in [1.54, 1.807) is 0 Å². The van der Waals surface area contributed by atoms with Crippen LogP contribution in [0.15, 0.2) is 0 Å². The minimum absolute atomic E-state index is 0.000650. The van der Waals surface area contributed by atoms with Crippen molar-refractivity contribution in [3.8, 4) is 0 Å². The van der Waals surface area contributed by atoms with Gasteiger partial charge in [-0.15, -0.1) is 0 Å². The summed E-state index contributed by atoms with van der Waals surface area (Å²) in [4.78, 5) is 36.8. The zero-order chi connectivity index (χ0) is 13.9. The van der Waals surface area contributed by atoms with Crippen LogP contribution in [0.5, 0.6) is 0 Å². The van der Waals surface area contributed by atoms with Gasteiger partial charge in [0.1, 0.15) is 0 Å². The first kappa shape index (κ1) is 13.5. The number of likely N-dealkylation sites (tertiary alicyclic amines) is 1. The predicted octanol–water partition coefficient (Wildman–Crippen LogP) is 1.24. The number of amides is 2. The number of imide groups is 1. The Morgan fingerprint density at radius 2 is 1.63 bits per heavy atom. The summed E-state index contributed by atoms with van der Waals surface area (Å²) in [6.07, 6.45) is 0.715. The summed E-state index contributed by atoms with van der Waals surface area (Å²) in [5, 5.41) is 8.69. The second-order valence-electron chi connectivity index (χ2n) is 5.48. The lowest BCUT2D eigenvalue weighted by Crippen LogP contribution is -2.37. The zero-order valence-corrected chi connectivity index (χ0v) is 13.1. The normalized spacial score (nSPS) is 44.0. The highest BCUT2D eigenvalue weighted by atomic mass is 79.9. The van der Waals surface area contributed by atoms with Gasteiger partial charge in [-0.25, -0.2) is 0 Å². The van der Waals surface area contributed by atoms with Crippen LogP contribution in [0, 0.1) is 23.7 Å². The van der Waals surface area contributed by atoms with Crippen LogP contribution in [-0.2, 0) is 14.4 Å². The minimum Gasteiger partial charge on any atom is -0.481 e. The molecule has 1 aliphatic heterocycles. The number of nitrogens with zero attached hydrogens (tertiary/aromatic N) is 1. The summed E-state index contributed by atoms with van der Waals surface area (Å²) < 4.78 is 0. The maximum absolute atomic E-state index is 12.3. The number of fused-ring (bicyclic) bond motifs is 5. The first-order chi connectivity index (χ1) is 8.93. The van der Waals surface area contributed by atoms with Crippen LogP contribution in [0.25, 0.3) is 0 Å². The molecule has 0 radical (unpaired) electrons. The van der Waals surface area contributed by atoms with E-state index >= 15 is 0 Å². The van der Waals surface area contributed by atoms with Crippen molar-refractivity contribution in [2.24, 2.45) is 23.7 Å². The van der Waals surface area contributed by atoms with Gasteiger partial charge in [0.15, 0.2) is 0 Å². The van der Waals surface area contributed by atoms with E-state index in [2.05, 4.69) is 31.9 Å². The molecule has 6 atom stereocenters. The van der Waals surface area contributed by atoms with E-state index < -0.39 is 5.97 Å². The standard InChI is InChI=1S/C12H13Br2NO4/c13-9-4-3-5(10(9)14)8-7(4)11(18)15(12(8)19)2-1-6(16)17/h4-5,7-10H,1-3H2,(H,16,17)/t4-,5+,7+,8-,9?,10?. The van der Waals surface area contributed by atoms with Crippen LogP contribution in [-0.4, -0.2) is 44.0 Å². The summed E-state index contributed by atoms with van der Waals surface area (Å²) >= 11 is 7.21. The zero-order valence-electron chi connectivity index (χ0n) is 9.96. The van der Waals surface area contributed by atoms with E-state index in [1.165, 1.54) is 0 Å². The topological polar surface area (TPSA) is 74.7 Å². The fraction of sp³-hybridized carbons (Fsp3) is 0.750. The predicted molar refractivity (Wildman–Crippen MR) is 73.0 cm³/mol.